The summed E-state index contributed by atoms with van der Waals surface area (Å²) in [6.07, 6.45) is 1.03. The first-order chi connectivity index (χ1) is 10.2. The molecule has 0 unspecified atom stereocenters. The highest BCUT2D eigenvalue weighted by Crippen LogP contribution is 2.33. The lowest BCUT2D eigenvalue weighted by Crippen LogP contribution is -2.12. The standard InChI is InChI=1S/C15H14N2O4/c16-14(18)12-6-5-10(9-17-12)21-13-4-2-1-3-11(13)15-19-7-8-20-15/h1-6,9,15H,7-8H2,(H2,16,18). The molecule has 0 atom stereocenters. The average molecular weight is 286 g/mol. The number of aromatic nitrogens is 1. The van der Waals surface area contributed by atoms with Gasteiger partial charge >= 0.3 is 0 Å². The van der Waals surface area contributed by atoms with Gasteiger partial charge in [-0.25, -0.2) is 4.98 Å². The molecule has 0 radical (unpaired) electrons. The maximum atomic E-state index is 11.0. The van der Waals surface area contributed by atoms with Gasteiger partial charge in [0.05, 0.1) is 25.0 Å². The molecule has 1 aliphatic heterocycles. The van der Waals surface area contributed by atoms with Crippen LogP contribution >= 0.6 is 0 Å². The van der Waals surface area contributed by atoms with Crippen molar-refractivity contribution in [1.82, 2.24) is 4.98 Å². The van der Waals surface area contributed by atoms with Crippen molar-refractivity contribution in [3.8, 4) is 11.5 Å². The fourth-order valence-electron chi connectivity index (χ4n) is 2.02. The van der Waals surface area contributed by atoms with Crippen molar-refractivity contribution in [2.45, 2.75) is 6.29 Å². The van der Waals surface area contributed by atoms with Crippen LogP contribution in [0.1, 0.15) is 22.3 Å². The Labute approximate surface area is 121 Å². The van der Waals surface area contributed by atoms with E-state index in [9.17, 15) is 4.79 Å². The van der Waals surface area contributed by atoms with Crippen LogP contribution in [0.5, 0.6) is 11.5 Å². The molecule has 108 valence electrons. The van der Waals surface area contributed by atoms with Crippen molar-refractivity contribution in [1.29, 1.82) is 0 Å². The van der Waals surface area contributed by atoms with E-state index >= 15 is 0 Å². The maximum absolute atomic E-state index is 11.0. The molecule has 1 amide bonds. The molecule has 1 aromatic carbocycles. The maximum Gasteiger partial charge on any atom is 0.267 e. The number of hydrogen-bond acceptors (Lipinski definition) is 5. The number of rotatable bonds is 4. The Morgan fingerprint density at radius 1 is 1.19 bits per heavy atom. The van der Waals surface area contributed by atoms with Crippen LogP contribution in [0.15, 0.2) is 42.6 Å². The Kier molecular flexibility index (Phi) is 3.81. The number of pyridine rings is 1. The SMILES string of the molecule is NC(=O)c1ccc(Oc2ccccc2C2OCCO2)cn1. The molecular formula is C15H14N2O4. The molecule has 21 heavy (non-hydrogen) atoms. The van der Waals surface area contributed by atoms with E-state index in [1.54, 1.807) is 6.07 Å². The normalized spacial score (nSPS) is 15.0. The summed E-state index contributed by atoms with van der Waals surface area (Å²) in [6, 6.07) is 10.6. The van der Waals surface area contributed by atoms with Gasteiger partial charge in [0, 0.05) is 0 Å². The summed E-state index contributed by atoms with van der Waals surface area (Å²) in [5.41, 5.74) is 6.15. The number of primary amides is 1. The third kappa shape index (κ3) is 3.01. The average Bonchev–Trinajstić information content (AvgIpc) is 3.02. The summed E-state index contributed by atoms with van der Waals surface area (Å²) in [5, 5.41) is 0. The third-order valence-electron chi connectivity index (χ3n) is 3.01. The predicted molar refractivity (Wildman–Crippen MR) is 73.9 cm³/mol. The van der Waals surface area contributed by atoms with Gasteiger partial charge in [-0.1, -0.05) is 18.2 Å². The van der Waals surface area contributed by atoms with E-state index in [0.29, 0.717) is 24.7 Å². The number of carbonyl (C=O) groups is 1. The number of carbonyl (C=O) groups excluding carboxylic acids is 1. The Bertz CT molecular complexity index is 636. The zero-order chi connectivity index (χ0) is 14.7. The summed E-state index contributed by atoms with van der Waals surface area (Å²) in [7, 11) is 0. The zero-order valence-electron chi connectivity index (χ0n) is 11.2. The molecule has 2 heterocycles. The van der Waals surface area contributed by atoms with Gasteiger partial charge in [0.25, 0.3) is 5.91 Å². The van der Waals surface area contributed by atoms with Crippen molar-refractivity contribution < 1.29 is 19.0 Å². The monoisotopic (exact) mass is 286 g/mol. The largest absolute Gasteiger partial charge is 0.455 e. The highest BCUT2D eigenvalue weighted by atomic mass is 16.7. The minimum Gasteiger partial charge on any atom is -0.455 e. The second kappa shape index (κ2) is 5.90. The highest BCUT2D eigenvalue weighted by molar-refractivity contribution is 5.90. The molecule has 3 rings (SSSR count). The fourth-order valence-corrected chi connectivity index (χ4v) is 2.02. The van der Waals surface area contributed by atoms with Crippen molar-refractivity contribution in [3.63, 3.8) is 0 Å². The minimum atomic E-state index is -0.574. The summed E-state index contributed by atoms with van der Waals surface area (Å²) in [6.45, 7) is 1.13. The van der Waals surface area contributed by atoms with Crippen LogP contribution in [0.25, 0.3) is 0 Å². The molecule has 0 aliphatic carbocycles. The second-order valence-corrected chi connectivity index (χ2v) is 4.46. The van der Waals surface area contributed by atoms with Crippen LogP contribution < -0.4 is 10.5 Å². The first-order valence-electron chi connectivity index (χ1n) is 6.50. The van der Waals surface area contributed by atoms with Crippen LogP contribution in [0.2, 0.25) is 0 Å². The molecule has 0 spiro atoms. The third-order valence-corrected chi connectivity index (χ3v) is 3.01. The summed E-state index contributed by atoms with van der Waals surface area (Å²) in [4.78, 5) is 14.9. The van der Waals surface area contributed by atoms with Crippen molar-refractivity contribution in [2.24, 2.45) is 5.73 Å². The number of nitrogens with two attached hydrogens (primary N) is 1. The van der Waals surface area contributed by atoms with Crippen molar-refractivity contribution in [2.75, 3.05) is 13.2 Å². The molecule has 0 saturated carbocycles. The second-order valence-electron chi connectivity index (χ2n) is 4.46. The highest BCUT2D eigenvalue weighted by Gasteiger charge is 2.22. The lowest BCUT2D eigenvalue weighted by atomic mass is 10.2. The molecule has 2 aromatic rings. The number of para-hydroxylation sites is 1. The van der Waals surface area contributed by atoms with Gasteiger partial charge in [-0.05, 0) is 18.2 Å². The zero-order valence-corrected chi connectivity index (χ0v) is 11.2. The van der Waals surface area contributed by atoms with E-state index in [4.69, 9.17) is 19.9 Å². The topological polar surface area (TPSA) is 83.7 Å². The summed E-state index contributed by atoms with van der Waals surface area (Å²) < 4.78 is 16.8. The van der Waals surface area contributed by atoms with Crippen LogP contribution in [0, 0.1) is 0 Å². The van der Waals surface area contributed by atoms with Gasteiger partial charge in [0.15, 0.2) is 6.29 Å². The van der Waals surface area contributed by atoms with E-state index in [2.05, 4.69) is 4.98 Å². The number of benzene rings is 1. The number of ether oxygens (including phenoxy) is 3. The van der Waals surface area contributed by atoms with E-state index in [1.807, 2.05) is 24.3 Å². The van der Waals surface area contributed by atoms with Crippen LogP contribution in [0.4, 0.5) is 0 Å². The molecule has 1 aromatic heterocycles. The summed E-state index contributed by atoms with van der Waals surface area (Å²) in [5.74, 6) is 0.554. The van der Waals surface area contributed by atoms with Gasteiger partial charge < -0.3 is 19.9 Å². The molecule has 6 nitrogen and oxygen atoms in total. The molecule has 1 saturated heterocycles. The number of nitrogens with zero attached hydrogens (tertiary/aromatic N) is 1. The van der Waals surface area contributed by atoms with Gasteiger partial charge in [-0.3, -0.25) is 4.79 Å². The van der Waals surface area contributed by atoms with E-state index in [0.717, 1.165) is 5.56 Å². The van der Waals surface area contributed by atoms with Crippen molar-refractivity contribution in [3.05, 3.63) is 53.9 Å². The fraction of sp³-hybridized carbons (Fsp3) is 0.200. The smallest absolute Gasteiger partial charge is 0.267 e. The minimum absolute atomic E-state index is 0.193. The Hall–Kier alpha value is -2.44. The Morgan fingerprint density at radius 2 is 1.95 bits per heavy atom. The van der Waals surface area contributed by atoms with Gasteiger partial charge in [0.2, 0.25) is 0 Å². The molecule has 6 heteroatoms. The molecule has 2 N–H and O–H groups in total. The predicted octanol–water partition coefficient (Wildman–Crippen LogP) is 2.02. The van der Waals surface area contributed by atoms with Gasteiger partial charge in [-0.15, -0.1) is 0 Å². The van der Waals surface area contributed by atoms with Gasteiger partial charge in [0.1, 0.15) is 17.2 Å². The van der Waals surface area contributed by atoms with Crippen LogP contribution in [-0.4, -0.2) is 24.1 Å². The van der Waals surface area contributed by atoms with Crippen LogP contribution in [0.3, 0.4) is 0 Å². The number of hydrogen-bond donors (Lipinski definition) is 1. The summed E-state index contributed by atoms with van der Waals surface area (Å²) >= 11 is 0. The van der Waals surface area contributed by atoms with E-state index < -0.39 is 12.2 Å². The van der Waals surface area contributed by atoms with Crippen molar-refractivity contribution >= 4 is 5.91 Å². The first kappa shape index (κ1) is 13.5. The van der Waals surface area contributed by atoms with Crippen LogP contribution in [-0.2, 0) is 9.47 Å². The lowest BCUT2D eigenvalue weighted by molar-refractivity contribution is -0.0452. The quantitative estimate of drug-likeness (QED) is 0.929. The lowest BCUT2D eigenvalue weighted by Gasteiger charge is -2.14. The molecule has 0 bridgehead atoms. The molecule has 1 aliphatic rings. The van der Waals surface area contributed by atoms with Gasteiger partial charge in [-0.2, -0.15) is 0 Å². The Morgan fingerprint density at radius 3 is 2.62 bits per heavy atom. The van der Waals surface area contributed by atoms with E-state index in [1.165, 1.54) is 12.3 Å². The molecular weight excluding hydrogens is 272 g/mol. The Balaban J connectivity index is 1.82. The first-order valence-corrected chi connectivity index (χ1v) is 6.50. The number of amides is 1. The van der Waals surface area contributed by atoms with E-state index in [-0.39, 0.29) is 5.69 Å². The molecule has 1 fully saturated rings.